The molecule has 2 aromatic rings. The molecule has 0 aliphatic rings. The molecular formula is C11H9NOS. The Bertz CT molecular complexity index is 522. The van der Waals surface area contributed by atoms with E-state index in [0.29, 0.717) is 5.56 Å². The standard InChI is InChI=1S/C11H9NOS/c1-7-3-8-4-10(13-2)5-9(6-12)11(8)14-7/h3-5H,1-2H3. The van der Waals surface area contributed by atoms with Gasteiger partial charge >= 0.3 is 0 Å². The molecular weight excluding hydrogens is 194 g/mol. The number of methoxy groups -OCH3 is 1. The van der Waals surface area contributed by atoms with Gasteiger partial charge in [-0.2, -0.15) is 5.26 Å². The average molecular weight is 203 g/mol. The van der Waals surface area contributed by atoms with Gasteiger partial charge in [0.2, 0.25) is 0 Å². The molecule has 0 aliphatic carbocycles. The Kier molecular flexibility index (Phi) is 2.14. The van der Waals surface area contributed by atoms with E-state index in [2.05, 4.69) is 12.1 Å². The Balaban J connectivity index is 2.80. The summed E-state index contributed by atoms with van der Waals surface area (Å²) in [4.78, 5) is 1.21. The van der Waals surface area contributed by atoms with Crippen LogP contribution in [0.5, 0.6) is 5.75 Å². The van der Waals surface area contributed by atoms with Gasteiger partial charge < -0.3 is 4.74 Å². The first-order chi connectivity index (χ1) is 6.74. The van der Waals surface area contributed by atoms with Crippen LogP contribution in [0.2, 0.25) is 0 Å². The topological polar surface area (TPSA) is 33.0 Å². The minimum absolute atomic E-state index is 0.692. The predicted molar refractivity (Wildman–Crippen MR) is 57.8 cm³/mol. The highest BCUT2D eigenvalue weighted by Crippen LogP contribution is 2.31. The number of nitrogens with zero attached hydrogens (tertiary/aromatic N) is 1. The van der Waals surface area contributed by atoms with Crippen molar-refractivity contribution in [2.24, 2.45) is 0 Å². The van der Waals surface area contributed by atoms with Gasteiger partial charge in [0, 0.05) is 4.88 Å². The Hall–Kier alpha value is -1.53. The lowest BCUT2D eigenvalue weighted by atomic mass is 10.1. The van der Waals surface area contributed by atoms with Gasteiger partial charge in [0.05, 0.1) is 17.4 Å². The second kappa shape index (κ2) is 3.32. The van der Waals surface area contributed by atoms with Gasteiger partial charge in [-0.15, -0.1) is 11.3 Å². The van der Waals surface area contributed by atoms with Crippen molar-refractivity contribution in [3.8, 4) is 11.8 Å². The zero-order valence-corrected chi connectivity index (χ0v) is 8.81. The van der Waals surface area contributed by atoms with E-state index in [1.54, 1.807) is 24.5 Å². The Morgan fingerprint density at radius 2 is 2.14 bits per heavy atom. The van der Waals surface area contributed by atoms with E-state index in [4.69, 9.17) is 10.00 Å². The molecule has 2 rings (SSSR count). The molecule has 0 amide bonds. The zero-order valence-electron chi connectivity index (χ0n) is 8.00. The summed E-state index contributed by atoms with van der Waals surface area (Å²) in [6, 6.07) is 8.00. The maximum absolute atomic E-state index is 8.97. The molecule has 1 aromatic heterocycles. The third-order valence-electron chi connectivity index (χ3n) is 2.07. The maximum atomic E-state index is 8.97. The van der Waals surface area contributed by atoms with Gasteiger partial charge in [-0.1, -0.05) is 0 Å². The molecule has 0 saturated heterocycles. The molecule has 14 heavy (non-hydrogen) atoms. The van der Waals surface area contributed by atoms with Crippen LogP contribution in [-0.4, -0.2) is 7.11 Å². The van der Waals surface area contributed by atoms with Crippen LogP contribution in [0.15, 0.2) is 18.2 Å². The van der Waals surface area contributed by atoms with Crippen molar-refractivity contribution < 1.29 is 4.74 Å². The van der Waals surface area contributed by atoms with Crippen LogP contribution in [-0.2, 0) is 0 Å². The van der Waals surface area contributed by atoms with E-state index in [1.165, 1.54) is 4.88 Å². The Morgan fingerprint density at radius 1 is 1.36 bits per heavy atom. The van der Waals surface area contributed by atoms with Crippen LogP contribution in [0, 0.1) is 18.3 Å². The van der Waals surface area contributed by atoms with Gasteiger partial charge in [0.15, 0.2) is 0 Å². The van der Waals surface area contributed by atoms with Crippen LogP contribution in [0.4, 0.5) is 0 Å². The summed E-state index contributed by atoms with van der Waals surface area (Å²) >= 11 is 1.64. The van der Waals surface area contributed by atoms with Crippen molar-refractivity contribution in [1.82, 2.24) is 0 Å². The first-order valence-corrected chi connectivity index (χ1v) is 5.04. The third kappa shape index (κ3) is 1.34. The van der Waals surface area contributed by atoms with Gasteiger partial charge in [0.1, 0.15) is 11.8 Å². The molecule has 0 spiro atoms. The Morgan fingerprint density at radius 3 is 2.79 bits per heavy atom. The summed E-state index contributed by atoms with van der Waals surface area (Å²) < 4.78 is 6.17. The number of hydrogen-bond donors (Lipinski definition) is 0. The molecule has 0 aliphatic heterocycles. The van der Waals surface area contributed by atoms with E-state index >= 15 is 0 Å². The minimum Gasteiger partial charge on any atom is -0.497 e. The lowest BCUT2D eigenvalue weighted by Crippen LogP contribution is -1.83. The molecule has 0 bridgehead atoms. The van der Waals surface area contributed by atoms with Crippen LogP contribution in [0.3, 0.4) is 0 Å². The summed E-state index contributed by atoms with van der Waals surface area (Å²) in [5.74, 6) is 0.742. The Labute approximate surface area is 86.4 Å². The molecule has 2 nitrogen and oxygen atoms in total. The fourth-order valence-corrected chi connectivity index (χ4v) is 2.41. The molecule has 70 valence electrons. The number of hydrogen-bond acceptors (Lipinski definition) is 3. The summed E-state index contributed by atoms with van der Waals surface area (Å²) in [6.07, 6.45) is 0. The summed E-state index contributed by atoms with van der Waals surface area (Å²) in [6.45, 7) is 2.04. The summed E-state index contributed by atoms with van der Waals surface area (Å²) in [7, 11) is 1.61. The number of rotatable bonds is 1. The van der Waals surface area contributed by atoms with Crippen LogP contribution >= 0.6 is 11.3 Å². The quantitative estimate of drug-likeness (QED) is 0.713. The lowest BCUT2D eigenvalue weighted by molar-refractivity contribution is 0.415. The first kappa shape index (κ1) is 9.04. The van der Waals surface area contributed by atoms with Crippen molar-refractivity contribution in [3.05, 3.63) is 28.6 Å². The molecule has 0 radical (unpaired) electrons. The highest BCUT2D eigenvalue weighted by molar-refractivity contribution is 7.19. The molecule has 0 fully saturated rings. The highest BCUT2D eigenvalue weighted by Gasteiger charge is 2.06. The molecule has 1 aromatic carbocycles. The van der Waals surface area contributed by atoms with E-state index in [0.717, 1.165) is 15.8 Å². The monoisotopic (exact) mass is 203 g/mol. The van der Waals surface area contributed by atoms with Gasteiger partial charge in [-0.05, 0) is 30.5 Å². The van der Waals surface area contributed by atoms with E-state index in [1.807, 2.05) is 13.0 Å². The van der Waals surface area contributed by atoms with Crippen molar-refractivity contribution in [1.29, 1.82) is 5.26 Å². The van der Waals surface area contributed by atoms with Crippen molar-refractivity contribution in [2.75, 3.05) is 7.11 Å². The molecule has 0 unspecified atom stereocenters. The van der Waals surface area contributed by atoms with Crippen molar-refractivity contribution in [2.45, 2.75) is 6.92 Å². The van der Waals surface area contributed by atoms with E-state index < -0.39 is 0 Å². The fraction of sp³-hybridized carbons (Fsp3) is 0.182. The minimum atomic E-state index is 0.692. The van der Waals surface area contributed by atoms with E-state index in [-0.39, 0.29) is 0 Å². The predicted octanol–water partition coefficient (Wildman–Crippen LogP) is 3.09. The smallest absolute Gasteiger partial charge is 0.120 e. The first-order valence-electron chi connectivity index (χ1n) is 4.23. The third-order valence-corrected chi connectivity index (χ3v) is 3.17. The van der Waals surface area contributed by atoms with Crippen molar-refractivity contribution in [3.63, 3.8) is 0 Å². The van der Waals surface area contributed by atoms with Gasteiger partial charge in [-0.25, -0.2) is 0 Å². The fourth-order valence-electron chi connectivity index (χ4n) is 1.46. The average Bonchev–Trinajstić information content (AvgIpc) is 2.56. The number of ether oxygens (including phenoxy) is 1. The SMILES string of the molecule is COc1cc(C#N)c2sc(C)cc2c1. The van der Waals surface area contributed by atoms with Crippen LogP contribution in [0.25, 0.3) is 10.1 Å². The number of nitriles is 1. The van der Waals surface area contributed by atoms with Crippen molar-refractivity contribution >= 4 is 21.4 Å². The second-order valence-corrected chi connectivity index (χ2v) is 4.32. The van der Waals surface area contributed by atoms with Gasteiger partial charge in [-0.3, -0.25) is 0 Å². The molecule has 0 atom stereocenters. The molecule has 3 heteroatoms. The number of fused-ring (bicyclic) bond motifs is 1. The summed E-state index contributed by atoms with van der Waals surface area (Å²) in [5.41, 5.74) is 0.692. The molecule has 1 heterocycles. The maximum Gasteiger partial charge on any atom is 0.120 e. The van der Waals surface area contributed by atoms with E-state index in [9.17, 15) is 0 Å². The van der Waals surface area contributed by atoms with Crippen LogP contribution < -0.4 is 4.74 Å². The molecule has 0 saturated carbocycles. The summed E-state index contributed by atoms with van der Waals surface area (Å²) in [5, 5.41) is 10.1. The number of benzene rings is 1. The lowest BCUT2D eigenvalue weighted by Gasteiger charge is -2.00. The number of thiophene rings is 1. The zero-order chi connectivity index (χ0) is 10.1. The van der Waals surface area contributed by atoms with Gasteiger partial charge in [0.25, 0.3) is 0 Å². The second-order valence-electron chi connectivity index (χ2n) is 3.06. The normalized spacial score (nSPS) is 10.1. The van der Waals surface area contributed by atoms with Crippen LogP contribution in [0.1, 0.15) is 10.4 Å². The largest absolute Gasteiger partial charge is 0.497 e. The number of aryl methyl sites for hydroxylation is 1. The molecule has 0 N–H and O–H groups in total. The highest BCUT2D eigenvalue weighted by atomic mass is 32.1.